The predicted octanol–water partition coefficient (Wildman–Crippen LogP) is 2.20. The number of aromatic amines is 1. The summed E-state index contributed by atoms with van der Waals surface area (Å²) in [5.74, 6) is -1.12. The Labute approximate surface area is 131 Å². The molecular formula is C10H14FN2O7P3+2. The average molecular weight is 386 g/mol. The van der Waals surface area contributed by atoms with Crippen molar-refractivity contribution in [1.29, 1.82) is 0 Å². The maximum Gasteiger partial charge on any atom is 0.513 e. The molecule has 0 aliphatic heterocycles. The van der Waals surface area contributed by atoms with Gasteiger partial charge in [0.2, 0.25) is 5.82 Å². The summed E-state index contributed by atoms with van der Waals surface area (Å²) in [7, 11) is -8.34. The number of aromatic nitrogens is 2. The summed E-state index contributed by atoms with van der Waals surface area (Å²) in [6.45, 7) is 2.21. The Kier molecular flexibility index (Phi) is 7.32. The number of hydrogen-bond donors (Lipinski definition) is 1. The third-order valence-corrected chi connectivity index (χ3v) is 6.73. The molecule has 0 amide bonds. The van der Waals surface area contributed by atoms with E-state index in [0.29, 0.717) is 0 Å². The fourth-order valence-corrected chi connectivity index (χ4v) is 5.57. The van der Waals surface area contributed by atoms with Gasteiger partial charge in [-0.25, -0.2) is 4.79 Å². The summed E-state index contributed by atoms with van der Waals surface area (Å²) in [4.78, 5) is 24.0. The van der Waals surface area contributed by atoms with Crippen molar-refractivity contribution in [1.82, 2.24) is 9.55 Å². The maximum absolute atomic E-state index is 13.1. The maximum atomic E-state index is 13.1. The fraction of sp³-hybridized carbons (Fsp3) is 0.400. The first-order chi connectivity index (χ1) is 10.6. The van der Waals surface area contributed by atoms with E-state index in [1.54, 1.807) is 4.98 Å². The number of nitrogens with one attached hydrogen (secondary N) is 1. The molecule has 1 aromatic heterocycles. The van der Waals surface area contributed by atoms with Crippen LogP contribution in [0.5, 0.6) is 0 Å². The molecule has 0 bridgehead atoms. The second kappa shape index (κ2) is 8.52. The van der Waals surface area contributed by atoms with Gasteiger partial charge >= 0.3 is 29.3 Å². The van der Waals surface area contributed by atoms with Gasteiger partial charge in [0, 0.05) is 6.54 Å². The lowest BCUT2D eigenvalue weighted by Gasteiger charge is -2.02. The summed E-state index contributed by atoms with van der Waals surface area (Å²) in [5.41, 5.74) is -1.94. The molecule has 9 nitrogen and oxygen atoms in total. The van der Waals surface area contributed by atoms with Crippen LogP contribution in [0.3, 0.4) is 0 Å². The quantitative estimate of drug-likeness (QED) is 0.536. The minimum atomic E-state index is -3.86. The van der Waals surface area contributed by atoms with Gasteiger partial charge in [0.25, 0.3) is 5.56 Å². The average Bonchev–Trinajstić information content (AvgIpc) is 2.38. The molecule has 2 unspecified atom stereocenters. The molecule has 1 rings (SSSR count). The lowest BCUT2D eigenvalue weighted by Crippen LogP contribution is -2.31. The van der Waals surface area contributed by atoms with Gasteiger partial charge in [-0.3, -0.25) is 18.9 Å². The van der Waals surface area contributed by atoms with Gasteiger partial charge in [0.15, 0.2) is 13.3 Å². The van der Waals surface area contributed by atoms with Crippen LogP contribution in [0.2, 0.25) is 0 Å². The van der Waals surface area contributed by atoms with Crippen molar-refractivity contribution in [2.45, 2.75) is 6.54 Å². The Hall–Kier alpha value is -1.30. The second-order valence-corrected chi connectivity index (χ2v) is 8.85. The van der Waals surface area contributed by atoms with E-state index in [1.807, 2.05) is 0 Å². The van der Waals surface area contributed by atoms with Crippen molar-refractivity contribution >= 4 is 23.7 Å². The number of rotatable bonds is 8. The SMILES string of the molecule is C[P+](=O)OP(=O)(C/C=C\Cn1cc(F)c(=O)[nH]c1=O)O[P+](C)=O. The largest absolute Gasteiger partial charge is 0.513 e. The molecule has 1 heterocycles. The normalized spacial score (nSPS) is 15.4. The van der Waals surface area contributed by atoms with Crippen molar-refractivity contribution in [3.05, 3.63) is 45.0 Å². The molecule has 0 radical (unpaired) electrons. The molecule has 23 heavy (non-hydrogen) atoms. The summed E-state index contributed by atoms with van der Waals surface area (Å²) < 4.78 is 57.6. The van der Waals surface area contributed by atoms with Crippen molar-refractivity contribution in [3.8, 4) is 0 Å². The van der Waals surface area contributed by atoms with E-state index in [0.717, 1.165) is 10.8 Å². The Morgan fingerprint density at radius 1 is 1.26 bits per heavy atom. The van der Waals surface area contributed by atoms with Gasteiger partial charge in [-0.05, 0) is 9.13 Å². The predicted molar refractivity (Wildman–Crippen MR) is 82.1 cm³/mol. The van der Waals surface area contributed by atoms with E-state index in [-0.39, 0.29) is 12.7 Å². The van der Waals surface area contributed by atoms with Gasteiger partial charge in [0.1, 0.15) is 0 Å². The van der Waals surface area contributed by atoms with E-state index in [2.05, 4.69) is 0 Å². The van der Waals surface area contributed by atoms with Crippen LogP contribution in [0, 0.1) is 5.82 Å². The molecule has 1 aromatic rings. The zero-order valence-electron chi connectivity index (χ0n) is 12.2. The molecule has 0 spiro atoms. The number of allylic oxidation sites excluding steroid dienone is 2. The summed E-state index contributed by atoms with van der Waals surface area (Å²) >= 11 is 0. The minimum absolute atomic E-state index is 0.122. The number of nitrogens with zero attached hydrogens (tertiary/aromatic N) is 1. The zero-order chi connectivity index (χ0) is 17.6. The topological polar surface area (TPSA) is 125 Å². The molecule has 126 valence electrons. The molecule has 0 saturated heterocycles. The third-order valence-electron chi connectivity index (χ3n) is 2.24. The first-order valence-corrected chi connectivity index (χ1v) is 11.0. The van der Waals surface area contributed by atoms with Crippen molar-refractivity contribution in [2.24, 2.45) is 0 Å². The molecule has 0 fully saturated rings. The van der Waals surface area contributed by atoms with Gasteiger partial charge in [-0.1, -0.05) is 20.8 Å². The van der Waals surface area contributed by atoms with Crippen LogP contribution in [-0.4, -0.2) is 29.0 Å². The Morgan fingerprint density at radius 3 is 2.35 bits per heavy atom. The van der Waals surface area contributed by atoms with Crippen molar-refractivity contribution < 1.29 is 26.7 Å². The number of halogens is 1. The standard InChI is InChI=1S/C10H13FN2O7P3/c1-21(16)19-23(18,20-22(2)17)6-4-3-5-13-7-8(11)9(14)12-10(13)15/h3-4,7H,5-6H2,1-2H3/q+1/p+1/b4-3-. The molecule has 13 heteroatoms. The highest BCUT2D eigenvalue weighted by Crippen LogP contribution is 2.59. The first kappa shape index (κ1) is 19.7. The summed E-state index contributed by atoms with van der Waals surface area (Å²) in [6.07, 6.45) is 3.01. The Morgan fingerprint density at radius 2 is 1.83 bits per heavy atom. The molecule has 1 N–H and O–H groups in total. The highest BCUT2D eigenvalue weighted by molar-refractivity contribution is 7.66. The first-order valence-electron chi connectivity index (χ1n) is 6.07. The molecule has 0 aliphatic rings. The number of hydrogen-bond acceptors (Lipinski definition) is 7. The second-order valence-electron chi connectivity index (χ2n) is 4.20. The van der Waals surface area contributed by atoms with Crippen molar-refractivity contribution in [2.75, 3.05) is 19.5 Å². The highest BCUT2D eigenvalue weighted by Gasteiger charge is 2.39. The Balaban J connectivity index is 2.80. The monoisotopic (exact) mass is 386 g/mol. The summed E-state index contributed by atoms with van der Waals surface area (Å²) in [6, 6.07) is 0. The van der Waals surface area contributed by atoms with Crippen LogP contribution in [0.15, 0.2) is 27.9 Å². The van der Waals surface area contributed by atoms with Crippen LogP contribution >= 0.6 is 23.7 Å². The van der Waals surface area contributed by atoms with Gasteiger partial charge in [0.05, 0.1) is 12.4 Å². The van der Waals surface area contributed by atoms with Crippen LogP contribution in [0.4, 0.5) is 4.39 Å². The molecule has 0 saturated carbocycles. The van der Waals surface area contributed by atoms with E-state index < -0.39 is 40.7 Å². The lowest BCUT2D eigenvalue weighted by molar-refractivity contribution is 0.397. The molecule has 0 aromatic carbocycles. The van der Waals surface area contributed by atoms with E-state index in [1.165, 1.54) is 25.5 Å². The van der Waals surface area contributed by atoms with Gasteiger partial charge in [-0.2, -0.15) is 4.39 Å². The van der Waals surface area contributed by atoms with E-state index >= 15 is 0 Å². The van der Waals surface area contributed by atoms with Crippen molar-refractivity contribution in [3.63, 3.8) is 0 Å². The van der Waals surface area contributed by atoms with Crippen LogP contribution in [0.25, 0.3) is 0 Å². The van der Waals surface area contributed by atoms with Crippen LogP contribution in [0.1, 0.15) is 0 Å². The molecular weight excluding hydrogens is 372 g/mol. The molecule has 0 aliphatic carbocycles. The third kappa shape index (κ3) is 6.77. The lowest BCUT2D eigenvalue weighted by atomic mass is 10.5. The van der Waals surface area contributed by atoms with Gasteiger partial charge < -0.3 is 0 Å². The van der Waals surface area contributed by atoms with Gasteiger partial charge in [-0.15, -0.1) is 0 Å². The minimum Gasteiger partial charge on any atom is -0.294 e. The Bertz CT molecular complexity index is 780. The van der Waals surface area contributed by atoms with Crippen LogP contribution < -0.4 is 11.2 Å². The molecule has 2 atom stereocenters. The zero-order valence-corrected chi connectivity index (χ0v) is 14.9. The number of H-pyrrole nitrogens is 1. The van der Waals surface area contributed by atoms with E-state index in [4.69, 9.17) is 8.62 Å². The van der Waals surface area contributed by atoms with E-state index in [9.17, 15) is 27.7 Å². The van der Waals surface area contributed by atoms with Crippen LogP contribution in [-0.2, 0) is 28.9 Å². The highest BCUT2D eigenvalue weighted by atomic mass is 31.3. The summed E-state index contributed by atoms with van der Waals surface area (Å²) in [5, 5.41) is 0. The fourth-order valence-electron chi connectivity index (χ4n) is 1.44. The smallest absolute Gasteiger partial charge is 0.294 e.